The Morgan fingerprint density at radius 3 is 2.25 bits per heavy atom. The third-order valence-corrected chi connectivity index (χ3v) is 7.10. The molecule has 3 nitrogen and oxygen atoms in total. The van der Waals surface area contributed by atoms with Crippen LogP contribution in [0.4, 0.5) is 0 Å². The molecule has 1 aromatic carbocycles. The Labute approximate surface area is 138 Å². The highest BCUT2D eigenvalue weighted by atomic mass is 79.9. The van der Waals surface area contributed by atoms with Crippen molar-refractivity contribution in [2.75, 3.05) is 13.1 Å². The van der Waals surface area contributed by atoms with Gasteiger partial charge in [-0.2, -0.15) is 4.31 Å². The zero-order chi connectivity index (χ0) is 15.1. The molecule has 7 heteroatoms. The third-order valence-electron chi connectivity index (χ3n) is 3.86. The third kappa shape index (κ3) is 3.17. The summed E-state index contributed by atoms with van der Waals surface area (Å²) < 4.78 is 27.6. The van der Waals surface area contributed by atoms with Crippen molar-refractivity contribution in [2.45, 2.75) is 25.2 Å². The molecule has 0 spiro atoms. The predicted molar refractivity (Wildman–Crippen MR) is 85.9 cm³/mol. The van der Waals surface area contributed by atoms with Crippen LogP contribution >= 0.6 is 39.1 Å². The molecule has 2 atom stereocenters. The molecular weight excluding hydrogens is 385 g/mol. The number of rotatable bonds is 2. The first kappa shape index (κ1) is 16.6. The van der Waals surface area contributed by atoms with Gasteiger partial charge in [0.2, 0.25) is 10.0 Å². The van der Waals surface area contributed by atoms with Crippen LogP contribution in [0.5, 0.6) is 0 Å². The normalized spacial score (nSPS) is 24.9. The summed E-state index contributed by atoms with van der Waals surface area (Å²) in [6.45, 7) is 5.23. The van der Waals surface area contributed by atoms with Crippen molar-refractivity contribution in [1.82, 2.24) is 4.31 Å². The number of hydrogen-bond acceptors (Lipinski definition) is 2. The van der Waals surface area contributed by atoms with Crippen LogP contribution in [0.25, 0.3) is 0 Å². The van der Waals surface area contributed by atoms with Crippen LogP contribution in [-0.2, 0) is 10.0 Å². The van der Waals surface area contributed by atoms with E-state index in [-0.39, 0.29) is 14.9 Å². The summed E-state index contributed by atoms with van der Waals surface area (Å²) in [6.07, 6.45) is 0.853. The topological polar surface area (TPSA) is 37.4 Å². The minimum Gasteiger partial charge on any atom is -0.207 e. The molecule has 0 aromatic heterocycles. The molecule has 0 N–H and O–H groups in total. The van der Waals surface area contributed by atoms with Crippen molar-refractivity contribution in [3.05, 3.63) is 26.7 Å². The van der Waals surface area contributed by atoms with E-state index < -0.39 is 10.0 Å². The number of halogens is 3. The van der Waals surface area contributed by atoms with Crippen molar-refractivity contribution in [3.8, 4) is 0 Å². The summed E-state index contributed by atoms with van der Waals surface area (Å²) in [4.78, 5) is 0.00536. The van der Waals surface area contributed by atoms with Crippen molar-refractivity contribution in [3.63, 3.8) is 0 Å². The molecule has 1 saturated heterocycles. The van der Waals surface area contributed by atoms with Gasteiger partial charge in [0.15, 0.2) is 0 Å². The smallest absolute Gasteiger partial charge is 0.207 e. The van der Waals surface area contributed by atoms with Crippen molar-refractivity contribution >= 4 is 49.2 Å². The summed E-state index contributed by atoms with van der Waals surface area (Å²) in [5.74, 6) is 0.851. The number of piperidine rings is 1. The highest BCUT2D eigenvalue weighted by molar-refractivity contribution is 9.10. The van der Waals surface area contributed by atoms with Crippen LogP contribution in [0, 0.1) is 11.8 Å². The van der Waals surface area contributed by atoms with Crippen molar-refractivity contribution < 1.29 is 8.42 Å². The average Bonchev–Trinajstić information content (AvgIpc) is 2.30. The molecule has 1 aliphatic rings. The minimum atomic E-state index is -3.65. The van der Waals surface area contributed by atoms with Crippen LogP contribution in [-0.4, -0.2) is 25.8 Å². The predicted octanol–water partition coefficient (Wildman–Crippen LogP) is 4.42. The number of hydrogen-bond donors (Lipinski definition) is 0. The average molecular weight is 401 g/mol. The first-order chi connectivity index (χ1) is 9.23. The lowest BCUT2D eigenvalue weighted by atomic mass is 9.90. The Balaban J connectivity index is 2.41. The van der Waals surface area contributed by atoms with Gasteiger partial charge in [-0.3, -0.25) is 0 Å². The summed E-state index contributed by atoms with van der Waals surface area (Å²) in [5.41, 5.74) is 0. The fourth-order valence-corrected chi connectivity index (χ4v) is 5.79. The van der Waals surface area contributed by atoms with Gasteiger partial charge in [-0.15, -0.1) is 0 Å². The molecule has 1 heterocycles. The van der Waals surface area contributed by atoms with Crippen LogP contribution < -0.4 is 0 Å². The van der Waals surface area contributed by atoms with E-state index in [1.807, 2.05) is 0 Å². The molecule has 2 rings (SSSR count). The quantitative estimate of drug-likeness (QED) is 0.736. The molecule has 112 valence electrons. The standard InChI is InChI=1S/C13H16BrCl2NO2S/c1-8-3-4-17(7-9(8)2)20(18,19)13-11(15)5-10(14)6-12(13)16/h5-6,8-9H,3-4,7H2,1-2H3. The Hall–Kier alpha value is 0.190. The zero-order valence-electron chi connectivity index (χ0n) is 11.2. The number of benzene rings is 1. The first-order valence-corrected chi connectivity index (χ1v) is 9.37. The molecule has 0 amide bonds. The van der Waals surface area contributed by atoms with Gasteiger partial charge in [-0.05, 0) is 30.4 Å². The summed E-state index contributed by atoms with van der Waals surface area (Å²) >= 11 is 15.4. The number of sulfonamides is 1. The fourth-order valence-electron chi connectivity index (χ4n) is 2.35. The molecule has 0 saturated carbocycles. The van der Waals surface area contributed by atoms with Crippen LogP contribution in [0.3, 0.4) is 0 Å². The van der Waals surface area contributed by atoms with E-state index in [0.717, 1.165) is 6.42 Å². The van der Waals surface area contributed by atoms with Gasteiger partial charge in [0.05, 0.1) is 10.0 Å². The maximum absolute atomic E-state index is 12.7. The van der Waals surface area contributed by atoms with Crippen LogP contribution in [0.1, 0.15) is 20.3 Å². The molecule has 0 aliphatic carbocycles. The lowest BCUT2D eigenvalue weighted by molar-refractivity contribution is 0.212. The zero-order valence-corrected chi connectivity index (χ0v) is 15.2. The summed E-state index contributed by atoms with van der Waals surface area (Å²) in [7, 11) is -3.65. The van der Waals surface area contributed by atoms with Crippen molar-refractivity contribution in [1.29, 1.82) is 0 Å². The molecule has 20 heavy (non-hydrogen) atoms. The molecule has 0 radical (unpaired) electrons. The molecule has 1 aliphatic heterocycles. The molecule has 1 aromatic rings. The molecule has 1 fully saturated rings. The van der Waals surface area contributed by atoms with E-state index in [1.54, 1.807) is 12.1 Å². The first-order valence-electron chi connectivity index (χ1n) is 6.38. The highest BCUT2D eigenvalue weighted by Gasteiger charge is 2.34. The Bertz CT molecular complexity index is 598. The highest BCUT2D eigenvalue weighted by Crippen LogP contribution is 2.36. The summed E-state index contributed by atoms with van der Waals surface area (Å²) in [6, 6.07) is 3.10. The van der Waals surface area contributed by atoms with E-state index in [4.69, 9.17) is 23.2 Å². The second-order valence-corrected chi connectivity index (χ2v) is 8.91. The minimum absolute atomic E-state index is 0.00536. The lowest BCUT2D eigenvalue weighted by Crippen LogP contribution is -2.42. The lowest BCUT2D eigenvalue weighted by Gasteiger charge is -2.34. The fraction of sp³-hybridized carbons (Fsp3) is 0.538. The molecule has 2 unspecified atom stereocenters. The summed E-state index contributed by atoms with van der Waals surface area (Å²) in [5, 5.41) is 0.298. The monoisotopic (exact) mass is 399 g/mol. The SMILES string of the molecule is CC1CCN(S(=O)(=O)c2c(Cl)cc(Br)cc2Cl)CC1C. The van der Waals surface area contributed by atoms with Gasteiger partial charge >= 0.3 is 0 Å². The van der Waals surface area contributed by atoms with Gasteiger partial charge in [0.25, 0.3) is 0 Å². The van der Waals surface area contributed by atoms with Gasteiger partial charge < -0.3 is 0 Å². The Kier molecular flexibility index (Phi) is 5.07. The molecular formula is C13H16BrCl2NO2S. The van der Waals surface area contributed by atoms with Crippen molar-refractivity contribution in [2.24, 2.45) is 11.8 Å². The Morgan fingerprint density at radius 1 is 1.20 bits per heavy atom. The maximum atomic E-state index is 12.7. The van der Waals surface area contributed by atoms with Gasteiger partial charge in [0.1, 0.15) is 4.90 Å². The van der Waals surface area contributed by atoms with E-state index >= 15 is 0 Å². The number of nitrogens with zero attached hydrogens (tertiary/aromatic N) is 1. The van der Waals surface area contributed by atoms with Crippen LogP contribution in [0.2, 0.25) is 10.0 Å². The largest absolute Gasteiger partial charge is 0.246 e. The van der Waals surface area contributed by atoms with Crippen LogP contribution in [0.15, 0.2) is 21.5 Å². The maximum Gasteiger partial charge on any atom is 0.246 e. The van der Waals surface area contributed by atoms with E-state index in [0.29, 0.717) is 29.4 Å². The van der Waals surface area contributed by atoms with Gasteiger partial charge in [0, 0.05) is 17.6 Å². The van der Waals surface area contributed by atoms with E-state index in [2.05, 4.69) is 29.8 Å². The Morgan fingerprint density at radius 2 is 1.75 bits per heavy atom. The van der Waals surface area contributed by atoms with Gasteiger partial charge in [-0.25, -0.2) is 8.42 Å². The molecule has 0 bridgehead atoms. The van der Waals surface area contributed by atoms with Gasteiger partial charge in [-0.1, -0.05) is 53.0 Å². The second-order valence-electron chi connectivity index (χ2n) is 5.30. The second kappa shape index (κ2) is 6.13. The van der Waals surface area contributed by atoms with E-state index in [9.17, 15) is 8.42 Å². The van der Waals surface area contributed by atoms with E-state index in [1.165, 1.54) is 4.31 Å².